The van der Waals surface area contributed by atoms with Crippen LogP contribution in [-0.2, 0) is 6.42 Å². The molecule has 1 aromatic carbocycles. The van der Waals surface area contributed by atoms with Crippen LogP contribution in [0.4, 0.5) is 0 Å². The molecule has 1 aromatic heterocycles. The Balaban J connectivity index is 2.23. The van der Waals surface area contributed by atoms with E-state index in [4.69, 9.17) is 0 Å². The number of thiophene rings is 1. The summed E-state index contributed by atoms with van der Waals surface area (Å²) in [4.78, 5) is 0. The number of fused-ring (bicyclic) bond motifs is 1. The lowest BCUT2D eigenvalue weighted by atomic mass is 9.76. The predicted octanol–water partition coefficient (Wildman–Crippen LogP) is 5.64. The summed E-state index contributed by atoms with van der Waals surface area (Å²) in [5.74, 6) is 0. The van der Waals surface area contributed by atoms with Crippen LogP contribution in [0.25, 0.3) is 10.1 Å². The van der Waals surface area contributed by atoms with Crippen LogP contribution < -0.4 is 5.32 Å². The second-order valence-corrected chi connectivity index (χ2v) is 8.16. The summed E-state index contributed by atoms with van der Waals surface area (Å²) >= 11 is 1.88. The van der Waals surface area contributed by atoms with Crippen LogP contribution >= 0.6 is 11.3 Å². The molecule has 0 amide bonds. The highest BCUT2D eigenvalue weighted by molar-refractivity contribution is 7.17. The summed E-state index contributed by atoms with van der Waals surface area (Å²) in [5, 5.41) is 7.54. The molecule has 0 aliphatic carbocycles. The SMILES string of the molecule is CCC(CC)(CNC(C)(C)C)Cc1csc2ccccc12. The van der Waals surface area contributed by atoms with Gasteiger partial charge in [-0.25, -0.2) is 0 Å². The molecular weight excluding hydrogens is 274 g/mol. The van der Waals surface area contributed by atoms with Crippen molar-refractivity contribution in [3.05, 3.63) is 35.2 Å². The van der Waals surface area contributed by atoms with Gasteiger partial charge in [-0.3, -0.25) is 0 Å². The lowest BCUT2D eigenvalue weighted by Crippen LogP contribution is -2.44. The van der Waals surface area contributed by atoms with Crippen molar-refractivity contribution in [3.63, 3.8) is 0 Å². The Labute approximate surface area is 133 Å². The molecule has 2 aromatic rings. The summed E-state index contributed by atoms with van der Waals surface area (Å²) in [7, 11) is 0. The summed E-state index contributed by atoms with van der Waals surface area (Å²) in [6.07, 6.45) is 3.61. The molecule has 2 rings (SSSR count). The van der Waals surface area contributed by atoms with Crippen LogP contribution in [0.5, 0.6) is 0 Å². The van der Waals surface area contributed by atoms with Gasteiger partial charge in [0.05, 0.1) is 0 Å². The van der Waals surface area contributed by atoms with Crippen molar-refractivity contribution >= 4 is 21.4 Å². The smallest absolute Gasteiger partial charge is 0.0345 e. The largest absolute Gasteiger partial charge is 0.312 e. The molecule has 2 heteroatoms. The zero-order valence-corrected chi connectivity index (χ0v) is 14.9. The molecule has 116 valence electrons. The predicted molar refractivity (Wildman–Crippen MR) is 96.3 cm³/mol. The molecule has 0 aliphatic heterocycles. The third-order valence-electron chi connectivity index (χ3n) is 4.62. The highest BCUT2D eigenvalue weighted by Gasteiger charge is 2.29. The Kier molecular flexibility index (Phi) is 5.11. The average Bonchev–Trinajstić information content (AvgIpc) is 2.86. The lowest BCUT2D eigenvalue weighted by molar-refractivity contribution is 0.221. The van der Waals surface area contributed by atoms with Gasteiger partial charge < -0.3 is 5.32 Å². The molecule has 1 nitrogen and oxygen atoms in total. The van der Waals surface area contributed by atoms with E-state index in [0.29, 0.717) is 5.41 Å². The summed E-state index contributed by atoms with van der Waals surface area (Å²) in [6.45, 7) is 12.5. The number of hydrogen-bond donors (Lipinski definition) is 1. The van der Waals surface area contributed by atoms with Crippen molar-refractivity contribution in [1.29, 1.82) is 0 Å². The van der Waals surface area contributed by atoms with E-state index in [1.54, 1.807) is 0 Å². The van der Waals surface area contributed by atoms with Crippen molar-refractivity contribution in [3.8, 4) is 0 Å². The minimum Gasteiger partial charge on any atom is -0.312 e. The van der Waals surface area contributed by atoms with E-state index in [2.05, 4.69) is 69.6 Å². The van der Waals surface area contributed by atoms with Gasteiger partial charge in [-0.1, -0.05) is 32.0 Å². The molecule has 1 heterocycles. The molecule has 0 unspecified atom stereocenters. The van der Waals surface area contributed by atoms with Crippen LogP contribution in [0.2, 0.25) is 0 Å². The van der Waals surface area contributed by atoms with Crippen LogP contribution in [0.15, 0.2) is 29.6 Å². The number of nitrogens with one attached hydrogen (secondary N) is 1. The van der Waals surface area contributed by atoms with Crippen molar-refractivity contribution < 1.29 is 0 Å². The number of hydrogen-bond acceptors (Lipinski definition) is 2. The molecule has 0 fully saturated rings. The monoisotopic (exact) mass is 303 g/mol. The first-order valence-corrected chi connectivity index (χ1v) is 8.97. The second-order valence-electron chi connectivity index (χ2n) is 7.24. The molecule has 1 N–H and O–H groups in total. The third kappa shape index (κ3) is 4.08. The first-order valence-electron chi connectivity index (χ1n) is 8.09. The van der Waals surface area contributed by atoms with Gasteiger partial charge in [-0.2, -0.15) is 0 Å². The highest BCUT2D eigenvalue weighted by atomic mass is 32.1. The van der Waals surface area contributed by atoms with Crippen molar-refractivity contribution in [2.24, 2.45) is 5.41 Å². The minimum atomic E-state index is 0.187. The van der Waals surface area contributed by atoms with Crippen molar-refractivity contribution in [2.75, 3.05) is 6.54 Å². The van der Waals surface area contributed by atoms with Gasteiger partial charge in [0.25, 0.3) is 0 Å². The van der Waals surface area contributed by atoms with Crippen molar-refractivity contribution in [2.45, 2.75) is 59.4 Å². The molecule has 21 heavy (non-hydrogen) atoms. The van der Waals surface area contributed by atoms with Crippen molar-refractivity contribution in [1.82, 2.24) is 5.32 Å². The fourth-order valence-corrected chi connectivity index (χ4v) is 3.80. The van der Waals surface area contributed by atoms with Crippen LogP contribution in [0, 0.1) is 5.41 Å². The summed E-state index contributed by atoms with van der Waals surface area (Å²) < 4.78 is 1.41. The molecule has 0 saturated carbocycles. The Morgan fingerprint density at radius 2 is 1.71 bits per heavy atom. The van der Waals surface area contributed by atoms with E-state index >= 15 is 0 Å². The Morgan fingerprint density at radius 1 is 1.05 bits per heavy atom. The standard InChI is InChI=1S/C19H29NS/c1-6-19(7-2,14-20-18(3,4)5)12-15-13-21-17-11-9-8-10-16(15)17/h8-11,13,20H,6-7,12,14H2,1-5H3. The first-order chi connectivity index (χ1) is 9.89. The molecule has 0 atom stereocenters. The fourth-order valence-electron chi connectivity index (χ4n) is 2.84. The van der Waals surface area contributed by atoms with Gasteiger partial charge in [0.15, 0.2) is 0 Å². The van der Waals surface area contributed by atoms with Gasteiger partial charge in [0.2, 0.25) is 0 Å². The van der Waals surface area contributed by atoms with Gasteiger partial charge in [-0.15, -0.1) is 11.3 Å². The van der Waals surface area contributed by atoms with E-state index in [1.165, 1.54) is 34.9 Å². The Hall–Kier alpha value is -0.860. The second kappa shape index (κ2) is 6.50. The summed E-state index contributed by atoms with van der Waals surface area (Å²) in [5.41, 5.74) is 2.07. The zero-order chi connectivity index (χ0) is 15.5. The average molecular weight is 304 g/mol. The van der Waals surface area contributed by atoms with Crippen LogP contribution in [0.3, 0.4) is 0 Å². The fraction of sp³-hybridized carbons (Fsp3) is 0.579. The van der Waals surface area contributed by atoms with E-state index in [9.17, 15) is 0 Å². The first kappa shape index (κ1) is 16.5. The number of benzene rings is 1. The molecular formula is C19H29NS. The third-order valence-corrected chi connectivity index (χ3v) is 5.63. The quantitative estimate of drug-likeness (QED) is 0.728. The summed E-state index contributed by atoms with van der Waals surface area (Å²) in [6, 6.07) is 8.80. The number of rotatable bonds is 6. The van der Waals surface area contributed by atoms with Gasteiger partial charge >= 0.3 is 0 Å². The minimum absolute atomic E-state index is 0.187. The topological polar surface area (TPSA) is 12.0 Å². The molecule has 0 bridgehead atoms. The van der Waals surface area contributed by atoms with E-state index in [1.807, 2.05) is 11.3 Å². The lowest BCUT2D eigenvalue weighted by Gasteiger charge is -2.35. The maximum absolute atomic E-state index is 3.73. The maximum atomic E-state index is 3.73. The highest BCUT2D eigenvalue weighted by Crippen LogP contribution is 2.35. The molecule has 0 aliphatic rings. The van der Waals surface area contributed by atoms with Gasteiger partial charge in [0, 0.05) is 16.8 Å². The Morgan fingerprint density at radius 3 is 2.33 bits per heavy atom. The molecule has 0 radical (unpaired) electrons. The van der Waals surface area contributed by atoms with E-state index < -0.39 is 0 Å². The van der Waals surface area contributed by atoms with Gasteiger partial charge in [-0.05, 0) is 67.8 Å². The molecule has 0 spiro atoms. The Bertz CT molecular complexity index is 573. The maximum Gasteiger partial charge on any atom is 0.0345 e. The van der Waals surface area contributed by atoms with E-state index in [-0.39, 0.29) is 5.54 Å². The normalized spacial score (nSPS) is 13.0. The van der Waals surface area contributed by atoms with Gasteiger partial charge in [0.1, 0.15) is 0 Å². The van der Waals surface area contributed by atoms with Crippen LogP contribution in [0.1, 0.15) is 53.0 Å². The molecule has 0 saturated heterocycles. The zero-order valence-electron chi connectivity index (χ0n) is 14.1. The van der Waals surface area contributed by atoms with E-state index in [0.717, 1.165) is 6.54 Å². The van der Waals surface area contributed by atoms with Crippen LogP contribution in [-0.4, -0.2) is 12.1 Å².